The van der Waals surface area contributed by atoms with Gasteiger partial charge in [-0.3, -0.25) is 13.9 Å². The highest BCUT2D eigenvalue weighted by atomic mass is 32.2. The van der Waals surface area contributed by atoms with Crippen LogP contribution in [-0.2, 0) is 26.2 Å². The summed E-state index contributed by atoms with van der Waals surface area (Å²) in [5.74, 6) is -0.326. The van der Waals surface area contributed by atoms with Crippen molar-refractivity contribution in [1.82, 2.24) is 10.2 Å². The molecule has 0 aromatic heterocycles. The van der Waals surface area contributed by atoms with Crippen LogP contribution < -0.4 is 9.62 Å². The Balaban J connectivity index is 2.24. The van der Waals surface area contributed by atoms with E-state index in [0.29, 0.717) is 25.1 Å². The first-order valence-corrected chi connectivity index (χ1v) is 14.5. The van der Waals surface area contributed by atoms with Gasteiger partial charge >= 0.3 is 0 Å². The summed E-state index contributed by atoms with van der Waals surface area (Å²) in [4.78, 5) is 28.3. The lowest BCUT2D eigenvalue weighted by atomic mass is 10.0. The molecule has 8 heteroatoms. The van der Waals surface area contributed by atoms with Crippen LogP contribution in [0.3, 0.4) is 0 Å². The molecule has 0 unspecified atom stereocenters. The molecule has 2 rings (SSSR count). The molecule has 0 spiro atoms. The lowest BCUT2D eigenvalue weighted by Gasteiger charge is -2.32. The van der Waals surface area contributed by atoms with E-state index in [9.17, 15) is 18.0 Å². The third-order valence-corrected chi connectivity index (χ3v) is 7.62. The first-order chi connectivity index (χ1) is 17.0. The summed E-state index contributed by atoms with van der Waals surface area (Å²) in [6, 6.07) is 14.5. The van der Waals surface area contributed by atoms with Gasteiger partial charge < -0.3 is 10.2 Å². The number of hydrogen-bond donors (Lipinski definition) is 1. The average Bonchev–Trinajstić information content (AvgIpc) is 2.81. The normalized spacial score (nSPS) is 13.1. The standard InChI is InChI=1S/C28H41N3O4S/c1-7-23(5)29-28(33)26(8-2)30(20-24-15-10-9-14-22(24)4)27(32)17-12-18-31(36(6,34)35)25-16-11-13-21(3)19-25/h9-11,13-16,19,23,26H,7-8,12,17-18,20H2,1-6H3,(H,29,33)/t23-,26+/m0/s1. The fraction of sp³-hybridized carbons (Fsp3) is 0.500. The number of benzene rings is 2. The van der Waals surface area contributed by atoms with Gasteiger partial charge in [-0.2, -0.15) is 0 Å². The summed E-state index contributed by atoms with van der Waals surface area (Å²) in [6.45, 7) is 10.3. The van der Waals surface area contributed by atoms with Crippen molar-refractivity contribution in [3.8, 4) is 0 Å². The number of nitrogens with zero attached hydrogens (tertiary/aromatic N) is 2. The highest BCUT2D eigenvalue weighted by molar-refractivity contribution is 7.92. The molecule has 0 aliphatic heterocycles. The molecule has 7 nitrogen and oxygen atoms in total. The summed E-state index contributed by atoms with van der Waals surface area (Å²) in [7, 11) is -3.51. The topological polar surface area (TPSA) is 86.8 Å². The molecule has 0 radical (unpaired) electrons. The second kappa shape index (κ2) is 13.4. The van der Waals surface area contributed by atoms with Crippen LogP contribution in [0.2, 0.25) is 0 Å². The maximum absolute atomic E-state index is 13.5. The van der Waals surface area contributed by atoms with E-state index in [1.165, 1.54) is 10.6 Å². The van der Waals surface area contributed by atoms with Crippen molar-refractivity contribution in [1.29, 1.82) is 0 Å². The molecule has 2 atom stereocenters. The Labute approximate surface area is 216 Å². The summed E-state index contributed by atoms with van der Waals surface area (Å²) >= 11 is 0. The Morgan fingerprint density at radius 1 is 1.00 bits per heavy atom. The lowest BCUT2D eigenvalue weighted by Crippen LogP contribution is -2.50. The smallest absolute Gasteiger partial charge is 0.243 e. The third kappa shape index (κ3) is 8.36. The maximum atomic E-state index is 13.5. The van der Waals surface area contributed by atoms with Gasteiger partial charge in [0.1, 0.15) is 6.04 Å². The molecular weight excluding hydrogens is 474 g/mol. The van der Waals surface area contributed by atoms with E-state index in [2.05, 4.69) is 5.32 Å². The molecule has 198 valence electrons. The zero-order valence-corrected chi connectivity index (χ0v) is 23.3. The van der Waals surface area contributed by atoms with Gasteiger partial charge in [-0.15, -0.1) is 0 Å². The van der Waals surface area contributed by atoms with Gasteiger partial charge in [0.25, 0.3) is 0 Å². The van der Waals surface area contributed by atoms with Crippen molar-refractivity contribution in [3.05, 3.63) is 65.2 Å². The van der Waals surface area contributed by atoms with Crippen molar-refractivity contribution in [2.75, 3.05) is 17.1 Å². The minimum atomic E-state index is -3.51. The van der Waals surface area contributed by atoms with E-state index in [1.54, 1.807) is 11.0 Å². The maximum Gasteiger partial charge on any atom is 0.243 e. The summed E-state index contributed by atoms with van der Waals surface area (Å²) in [6.07, 6.45) is 2.94. The highest BCUT2D eigenvalue weighted by Gasteiger charge is 2.29. The molecule has 0 bridgehead atoms. The van der Waals surface area contributed by atoms with E-state index in [4.69, 9.17) is 0 Å². The van der Waals surface area contributed by atoms with Crippen LogP contribution in [0.1, 0.15) is 63.1 Å². The molecule has 2 amide bonds. The van der Waals surface area contributed by atoms with Crippen molar-refractivity contribution in [3.63, 3.8) is 0 Å². The van der Waals surface area contributed by atoms with E-state index in [1.807, 2.05) is 77.1 Å². The Bertz CT molecular complexity index is 1130. The van der Waals surface area contributed by atoms with Crippen LogP contribution in [-0.4, -0.2) is 50.0 Å². The Morgan fingerprint density at radius 2 is 1.69 bits per heavy atom. The Kier molecular flexibility index (Phi) is 11.0. The molecule has 0 saturated heterocycles. The second-order valence-electron chi connectivity index (χ2n) is 9.47. The SMILES string of the molecule is CC[C@H](C(=O)N[C@@H](C)CC)N(Cc1ccccc1C)C(=O)CCCN(c1cccc(C)c1)S(C)(=O)=O. The number of sulfonamides is 1. The number of amides is 2. The number of carbonyl (C=O) groups excluding carboxylic acids is 2. The third-order valence-electron chi connectivity index (χ3n) is 6.43. The van der Waals surface area contributed by atoms with Gasteiger partial charge in [-0.05, 0) is 68.9 Å². The molecule has 36 heavy (non-hydrogen) atoms. The number of carbonyl (C=O) groups is 2. The van der Waals surface area contributed by atoms with Crippen molar-refractivity contribution < 1.29 is 18.0 Å². The molecule has 0 aliphatic carbocycles. The number of hydrogen-bond acceptors (Lipinski definition) is 4. The van der Waals surface area contributed by atoms with Crippen LogP contribution in [0.15, 0.2) is 48.5 Å². The zero-order chi connectivity index (χ0) is 26.9. The van der Waals surface area contributed by atoms with Crippen LogP contribution >= 0.6 is 0 Å². The molecule has 0 saturated carbocycles. The lowest BCUT2D eigenvalue weighted by molar-refractivity contribution is -0.141. The van der Waals surface area contributed by atoms with Crippen LogP contribution in [0.4, 0.5) is 5.69 Å². The van der Waals surface area contributed by atoms with Gasteiger partial charge in [0.2, 0.25) is 21.8 Å². The molecule has 2 aromatic carbocycles. The van der Waals surface area contributed by atoms with Crippen LogP contribution in [0.25, 0.3) is 0 Å². The highest BCUT2D eigenvalue weighted by Crippen LogP contribution is 2.21. The van der Waals surface area contributed by atoms with Gasteiger partial charge in [0, 0.05) is 25.6 Å². The van der Waals surface area contributed by atoms with Crippen LogP contribution in [0.5, 0.6) is 0 Å². The van der Waals surface area contributed by atoms with Crippen molar-refractivity contribution in [2.24, 2.45) is 0 Å². The first kappa shape index (κ1) is 29.4. The first-order valence-electron chi connectivity index (χ1n) is 12.7. The largest absolute Gasteiger partial charge is 0.352 e. The molecule has 2 aromatic rings. The predicted molar refractivity (Wildman–Crippen MR) is 146 cm³/mol. The molecular formula is C28H41N3O4S. The molecule has 0 heterocycles. The van der Waals surface area contributed by atoms with Gasteiger partial charge in [-0.1, -0.05) is 50.2 Å². The summed E-state index contributed by atoms with van der Waals surface area (Å²) in [5.41, 5.74) is 3.58. The Morgan fingerprint density at radius 3 is 2.28 bits per heavy atom. The quantitative estimate of drug-likeness (QED) is 0.423. The molecule has 0 aliphatic rings. The second-order valence-corrected chi connectivity index (χ2v) is 11.4. The minimum absolute atomic E-state index is 0.0135. The average molecular weight is 516 g/mol. The van der Waals surface area contributed by atoms with E-state index in [-0.39, 0.29) is 30.8 Å². The van der Waals surface area contributed by atoms with E-state index >= 15 is 0 Å². The minimum Gasteiger partial charge on any atom is -0.352 e. The van der Waals surface area contributed by atoms with E-state index in [0.717, 1.165) is 23.1 Å². The monoisotopic (exact) mass is 515 g/mol. The summed E-state index contributed by atoms with van der Waals surface area (Å²) < 4.78 is 26.3. The number of rotatable bonds is 13. The van der Waals surface area contributed by atoms with E-state index < -0.39 is 16.1 Å². The van der Waals surface area contributed by atoms with Crippen molar-refractivity contribution >= 4 is 27.5 Å². The Hall–Kier alpha value is -2.87. The number of nitrogens with one attached hydrogen (secondary N) is 1. The fourth-order valence-electron chi connectivity index (χ4n) is 4.12. The summed E-state index contributed by atoms with van der Waals surface area (Å²) in [5, 5.41) is 3.02. The number of aryl methyl sites for hydroxylation is 2. The van der Waals surface area contributed by atoms with Crippen molar-refractivity contribution in [2.45, 2.75) is 78.9 Å². The number of anilines is 1. The zero-order valence-electron chi connectivity index (χ0n) is 22.5. The van der Waals surface area contributed by atoms with Gasteiger partial charge in [0.15, 0.2) is 0 Å². The van der Waals surface area contributed by atoms with Gasteiger partial charge in [-0.25, -0.2) is 8.42 Å². The molecule has 0 fully saturated rings. The predicted octanol–water partition coefficient (Wildman–Crippen LogP) is 4.57. The fourth-order valence-corrected chi connectivity index (χ4v) is 5.08. The van der Waals surface area contributed by atoms with Crippen LogP contribution in [0, 0.1) is 13.8 Å². The van der Waals surface area contributed by atoms with Gasteiger partial charge in [0.05, 0.1) is 11.9 Å². The molecule has 1 N–H and O–H groups in total.